The fourth-order valence-corrected chi connectivity index (χ4v) is 14.2. The second-order valence-corrected chi connectivity index (χ2v) is 29.9. The number of nitrogens with zero attached hydrogens (tertiary/aromatic N) is 3. The maximum Gasteiger partial charge on any atom is 0.256 e. The SMILES string of the molecule is CC(C)(C)c1ccc(-c2cc(-c3ccc(C(C)(C)C)cc3)cc(-n3c4ccccc4c4ccc5c6ccccc6n(-c6cc7c8c(c6)-n6c9ccc(C(C)(C)C)cc9c9cc(C(C)(C)C)cc(c96)B8c6cc(C(C)(C)C)ccc6O7)c5c43)c2)cc1. The summed E-state index contributed by atoms with van der Waals surface area (Å²) in [6.45, 7) is 34.7. The number of fused-ring (bicyclic) bond motifs is 14. The van der Waals surface area contributed by atoms with Gasteiger partial charge in [0.05, 0.1) is 33.3 Å². The van der Waals surface area contributed by atoms with Crippen LogP contribution in [0.4, 0.5) is 0 Å². The van der Waals surface area contributed by atoms with Gasteiger partial charge < -0.3 is 18.4 Å². The molecule has 15 rings (SSSR count). The summed E-state index contributed by atoms with van der Waals surface area (Å²) in [6, 6.07) is 72.7. The Morgan fingerprint density at radius 3 is 1.27 bits per heavy atom. The highest BCUT2D eigenvalue weighted by atomic mass is 16.5. The highest BCUT2D eigenvalue weighted by Gasteiger charge is 2.43. The van der Waals surface area contributed by atoms with Crippen LogP contribution in [-0.2, 0) is 27.1 Å². The van der Waals surface area contributed by atoms with Gasteiger partial charge in [0.1, 0.15) is 11.5 Å². The molecule has 13 aromatic rings. The summed E-state index contributed by atoms with van der Waals surface area (Å²) in [5, 5.41) is 7.43. The first-order valence-electron chi connectivity index (χ1n) is 30.8. The van der Waals surface area contributed by atoms with E-state index >= 15 is 0 Å². The van der Waals surface area contributed by atoms with Crippen LogP contribution < -0.4 is 21.1 Å². The van der Waals surface area contributed by atoms with Crippen molar-refractivity contribution in [1.82, 2.24) is 13.7 Å². The molecule has 5 heterocycles. The fraction of sp³-hybridized carbons (Fsp3) is 0.250. The van der Waals surface area contributed by atoms with Gasteiger partial charge in [0.15, 0.2) is 0 Å². The fourth-order valence-electron chi connectivity index (χ4n) is 14.2. The predicted molar refractivity (Wildman–Crippen MR) is 365 cm³/mol. The molecule has 10 aromatic carbocycles. The first-order valence-corrected chi connectivity index (χ1v) is 30.8. The molecule has 5 heteroatoms. The molecule has 85 heavy (non-hydrogen) atoms. The molecule has 0 saturated heterocycles. The Kier molecular flexibility index (Phi) is 11.3. The normalized spacial score (nSPS) is 13.7. The maximum atomic E-state index is 7.47. The van der Waals surface area contributed by atoms with E-state index in [1.807, 2.05) is 0 Å². The molecule has 0 N–H and O–H groups in total. The summed E-state index contributed by atoms with van der Waals surface area (Å²) in [5.74, 6) is 1.82. The molecule has 3 aromatic heterocycles. The Balaban J connectivity index is 1.06. The van der Waals surface area contributed by atoms with Crippen LogP contribution in [0.2, 0.25) is 0 Å². The van der Waals surface area contributed by atoms with Crippen LogP contribution in [0.15, 0.2) is 188 Å². The van der Waals surface area contributed by atoms with Gasteiger partial charge in [-0.25, -0.2) is 0 Å². The van der Waals surface area contributed by atoms with E-state index in [4.69, 9.17) is 4.74 Å². The van der Waals surface area contributed by atoms with Crippen LogP contribution in [-0.4, -0.2) is 20.4 Å². The lowest BCUT2D eigenvalue weighted by atomic mass is 9.34. The van der Waals surface area contributed by atoms with E-state index in [2.05, 4.69) is 306 Å². The lowest BCUT2D eigenvalue weighted by Gasteiger charge is -2.35. The van der Waals surface area contributed by atoms with Crippen molar-refractivity contribution < 1.29 is 4.74 Å². The molecule has 0 fully saturated rings. The summed E-state index contributed by atoms with van der Waals surface area (Å²) < 4.78 is 15.2. The molecular weight excluding hydrogens is 1030 g/mol. The molecule has 0 saturated carbocycles. The van der Waals surface area contributed by atoms with Crippen molar-refractivity contribution >= 4 is 88.5 Å². The van der Waals surface area contributed by atoms with Crippen molar-refractivity contribution in [3.8, 4) is 50.8 Å². The highest BCUT2D eigenvalue weighted by Crippen LogP contribution is 2.47. The van der Waals surface area contributed by atoms with E-state index in [0.717, 1.165) is 50.6 Å². The van der Waals surface area contributed by atoms with Gasteiger partial charge in [-0.05, 0) is 154 Å². The van der Waals surface area contributed by atoms with Crippen molar-refractivity contribution in [2.45, 2.75) is 131 Å². The summed E-state index contributed by atoms with van der Waals surface area (Å²) in [6.07, 6.45) is 0. The van der Waals surface area contributed by atoms with Crippen LogP contribution in [0.1, 0.15) is 132 Å². The molecule has 0 spiro atoms. The van der Waals surface area contributed by atoms with Crippen molar-refractivity contribution in [2.75, 3.05) is 0 Å². The second kappa shape index (κ2) is 18.0. The Morgan fingerprint density at radius 2 is 0.741 bits per heavy atom. The number of aromatic nitrogens is 3. The lowest BCUT2D eigenvalue weighted by Crippen LogP contribution is -2.58. The molecule has 2 aliphatic heterocycles. The quantitative estimate of drug-likeness (QED) is 0.161. The van der Waals surface area contributed by atoms with E-state index in [-0.39, 0.29) is 33.8 Å². The second-order valence-electron chi connectivity index (χ2n) is 29.9. The number of para-hydroxylation sites is 2. The minimum atomic E-state index is -0.0857. The van der Waals surface area contributed by atoms with Gasteiger partial charge in [-0.2, -0.15) is 0 Å². The topological polar surface area (TPSA) is 24.0 Å². The van der Waals surface area contributed by atoms with E-state index in [0.29, 0.717) is 0 Å². The molecular formula is C80H76BN3O. The predicted octanol–water partition coefficient (Wildman–Crippen LogP) is 19.7. The molecule has 2 aliphatic rings. The average Bonchev–Trinajstić information content (AvgIpc) is 1.69. The van der Waals surface area contributed by atoms with Crippen LogP contribution in [0.3, 0.4) is 0 Å². The van der Waals surface area contributed by atoms with Gasteiger partial charge in [0, 0.05) is 55.3 Å². The summed E-state index contributed by atoms with van der Waals surface area (Å²) in [4.78, 5) is 0. The zero-order valence-corrected chi connectivity index (χ0v) is 52.2. The summed E-state index contributed by atoms with van der Waals surface area (Å²) in [5.41, 5.74) is 25.5. The first kappa shape index (κ1) is 53.2. The standard InChI is InChI=1S/C80H76BN3O/c1-76(2,3)51-28-24-47(25-29-51)49-38-50(48-26-30-52(31-27-48)77(4,5)6)40-56(39-49)82-66-22-18-16-20-58(66)60-34-35-61-59-21-17-19-23-67(59)83(75(61)74(60)82)57-45-69-72-71(46-57)85-70-37-33-54(79(10,11)12)43-64(70)81(72)65-44-55(80(13,14)15)42-63-62-41-53(78(7,8)9)32-36-68(62)84(69)73(63)65/h16-46H,1-15H3. The Labute approximate surface area is 501 Å². The molecule has 0 atom stereocenters. The lowest BCUT2D eigenvalue weighted by molar-refractivity contribution is 0.486. The average molecular weight is 1110 g/mol. The Bertz CT molecular complexity index is 4890. The van der Waals surface area contributed by atoms with Gasteiger partial charge in [0.2, 0.25) is 0 Å². The number of benzene rings is 10. The van der Waals surface area contributed by atoms with E-state index < -0.39 is 0 Å². The monoisotopic (exact) mass is 1110 g/mol. The van der Waals surface area contributed by atoms with Crippen LogP contribution in [0.25, 0.3) is 105 Å². The van der Waals surface area contributed by atoms with Gasteiger partial charge in [0.25, 0.3) is 6.71 Å². The minimum Gasteiger partial charge on any atom is -0.458 e. The molecule has 0 amide bonds. The molecule has 420 valence electrons. The number of hydrogen-bond donors (Lipinski definition) is 0. The van der Waals surface area contributed by atoms with Crippen LogP contribution in [0.5, 0.6) is 11.5 Å². The van der Waals surface area contributed by atoms with Crippen LogP contribution in [0, 0.1) is 0 Å². The Morgan fingerprint density at radius 1 is 0.294 bits per heavy atom. The number of ether oxygens (including phenoxy) is 1. The van der Waals surface area contributed by atoms with Crippen LogP contribution >= 0.6 is 0 Å². The van der Waals surface area contributed by atoms with Crippen molar-refractivity contribution in [1.29, 1.82) is 0 Å². The maximum absolute atomic E-state index is 7.47. The third-order valence-electron chi connectivity index (χ3n) is 19.0. The summed E-state index contributed by atoms with van der Waals surface area (Å²) >= 11 is 0. The van der Waals surface area contributed by atoms with Crippen molar-refractivity contribution in [3.05, 3.63) is 216 Å². The zero-order chi connectivity index (χ0) is 59.2. The van der Waals surface area contributed by atoms with E-state index in [1.165, 1.54) is 110 Å². The molecule has 4 nitrogen and oxygen atoms in total. The number of rotatable bonds is 4. The molecule has 0 bridgehead atoms. The Hall–Kier alpha value is -8.54. The van der Waals surface area contributed by atoms with E-state index in [9.17, 15) is 0 Å². The summed E-state index contributed by atoms with van der Waals surface area (Å²) in [7, 11) is 0. The van der Waals surface area contributed by atoms with Gasteiger partial charge in [-0.3, -0.25) is 0 Å². The van der Waals surface area contributed by atoms with Crippen molar-refractivity contribution in [2.24, 2.45) is 0 Å². The zero-order valence-electron chi connectivity index (χ0n) is 52.2. The molecule has 0 radical (unpaired) electrons. The van der Waals surface area contributed by atoms with Crippen molar-refractivity contribution in [3.63, 3.8) is 0 Å². The minimum absolute atomic E-state index is 0.0320. The molecule has 0 aliphatic carbocycles. The third kappa shape index (κ3) is 8.23. The van der Waals surface area contributed by atoms with E-state index in [1.54, 1.807) is 0 Å². The van der Waals surface area contributed by atoms with Gasteiger partial charge in [-0.15, -0.1) is 0 Å². The smallest absolute Gasteiger partial charge is 0.256 e. The largest absolute Gasteiger partial charge is 0.458 e. The number of hydrogen-bond acceptors (Lipinski definition) is 1. The van der Waals surface area contributed by atoms with Gasteiger partial charge in [-0.1, -0.05) is 225 Å². The highest BCUT2D eigenvalue weighted by molar-refractivity contribution is 6.99. The van der Waals surface area contributed by atoms with Gasteiger partial charge >= 0.3 is 0 Å². The first-order chi connectivity index (χ1) is 40.3. The third-order valence-corrected chi connectivity index (χ3v) is 19.0. The molecule has 0 unspecified atom stereocenters.